The van der Waals surface area contributed by atoms with Crippen LogP contribution in [0, 0.1) is 5.92 Å². The largest absolute Gasteiger partial charge is 0.350 e. The van der Waals surface area contributed by atoms with Crippen LogP contribution < -0.4 is 10.3 Å². The number of fused-ring (bicyclic) bond motifs is 1. The van der Waals surface area contributed by atoms with Crippen molar-refractivity contribution >= 4 is 39.8 Å². The molecule has 0 radical (unpaired) electrons. The second-order valence-corrected chi connectivity index (χ2v) is 7.45. The van der Waals surface area contributed by atoms with Gasteiger partial charge in [-0.1, -0.05) is 18.2 Å². The van der Waals surface area contributed by atoms with Crippen molar-refractivity contribution in [2.75, 3.05) is 10.3 Å². The number of hydrazone groups is 1. The van der Waals surface area contributed by atoms with E-state index in [0.29, 0.717) is 11.4 Å². The molecule has 0 aliphatic carbocycles. The highest BCUT2D eigenvalue weighted by Crippen LogP contribution is 2.30. The molecule has 0 bridgehead atoms. The van der Waals surface area contributed by atoms with Gasteiger partial charge in [0.2, 0.25) is 5.91 Å². The summed E-state index contributed by atoms with van der Waals surface area (Å²) in [5.74, 6) is -5.26. The molecule has 6 nitrogen and oxygen atoms in total. The Bertz CT molecular complexity index is 1190. The first-order valence-corrected chi connectivity index (χ1v) is 9.38. The van der Waals surface area contributed by atoms with Crippen molar-refractivity contribution in [1.82, 2.24) is 4.57 Å². The van der Waals surface area contributed by atoms with E-state index in [1.807, 2.05) is 36.0 Å². The van der Waals surface area contributed by atoms with E-state index in [9.17, 15) is 18.4 Å². The molecule has 2 aromatic carbocycles. The number of anilines is 2. The van der Waals surface area contributed by atoms with E-state index in [0.717, 1.165) is 17.8 Å². The number of carbonyl (C=O) groups is 2. The number of aryl methyl sites for hydroxylation is 1. The summed E-state index contributed by atoms with van der Waals surface area (Å²) in [6.45, 7) is 2.38. The minimum absolute atomic E-state index is 0.198. The summed E-state index contributed by atoms with van der Waals surface area (Å²) in [7, 11) is 1.90. The number of amides is 2. The number of aromatic nitrogens is 1. The zero-order chi connectivity index (χ0) is 21.6. The third kappa shape index (κ3) is 3.45. The lowest BCUT2D eigenvalue weighted by molar-refractivity contribution is -0.127. The standard InChI is InChI=1S/C22H20F2N4O2/c1-13-19(20(29)25-16-6-4-5-15(11-16)22(2,23)24)21(30)28(26-13)17-8-7-14-9-10-27(3)18(14)12-17/h4-12,19H,1-3H3,(H,25,29). The van der Waals surface area contributed by atoms with Crippen molar-refractivity contribution in [1.29, 1.82) is 0 Å². The molecule has 2 amide bonds. The van der Waals surface area contributed by atoms with E-state index >= 15 is 0 Å². The Morgan fingerprint density at radius 3 is 2.67 bits per heavy atom. The maximum atomic E-state index is 13.6. The first-order chi connectivity index (χ1) is 14.1. The van der Waals surface area contributed by atoms with Crippen molar-refractivity contribution in [2.24, 2.45) is 18.1 Å². The molecule has 0 saturated carbocycles. The summed E-state index contributed by atoms with van der Waals surface area (Å²) in [5, 5.41) is 9.07. The van der Waals surface area contributed by atoms with E-state index in [4.69, 9.17) is 0 Å². The quantitative estimate of drug-likeness (QED) is 0.653. The maximum Gasteiger partial charge on any atom is 0.270 e. The third-order valence-electron chi connectivity index (χ3n) is 5.15. The summed E-state index contributed by atoms with van der Waals surface area (Å²) in [4.78, 5) is 25.7. The van der Waals surface area contributed by atoms with Gasteiger partial charge in [0.15, 0.2) is 5.92 Å². The number of carbonyl (C=O) groups excluding carboxylic acids is 2. The molecule has 1 unspecified atom stereocenters. The van der Waals surface area contributed by atoms with Gasteiger partial charge >= 0.3 is 0 Å². The fourth-order valence-corrected chi connectivity index (χ4v) is 3.52. The fraction of sp³-hybridized carbons (Fsp3) is 0.227. The van der Waals surface area contributed by atoms with Gasteiger partial charge in [0.25, 0.3) is 11.8 Å². The SMILES string of the molecule is CC1=NN(c2ccc3ccn(C)c3c2)C(=O)C1C(=O)Nc1cccc(C(C)(F)F)c1. The Morgan fingerprint density at radius 2 is 1.93 bits per heavy atom. The van der Waals surface area contributed by atoms with E-state index in [1.165, 1.54) is 29.3 Å². The highest BCUT2D eigenvalue weighted by Gasteiger charge is 2.40. The van der Waals surface area contributed by atoms with Crippen LogP contribution in [0.3, 0.4) is 0 Å². The molecule has 1 aliphatic heterocycles. The minimum Gasteiger partial charge on any atom is -0.350 e. The zero-order valence-electron chi connectivity index (χ0n) is 16.7. The maximum absolute atomic E-state index is 13.6. The van der Waals surface area contributed by atoms with Crippen LogP contribution in [-0.4, -0.2) is 22.1 Å². The average molecular weight is 410 g/mol. The van der Waals surface area contributed by atoms with Gasteiger partial charge in [-0.05, 0) is 42.6 Å². The molecular weight excluding hydrogens is 390 g/mol. The Kier molecular flexibility index (Phi) is 4.64. The van der Waals surface area contributed by atoms with Gasteiger partial charge in [-0.25, -0.2) is 8.78 Å². The smallest absolute Gasteiger partial charge is 0.270 e. The predicted molar refractivity (Wildman–Crippen MR) is 112 cm³/mol. The Balaban J connectivity index is 1.57. The van der Waals surface area contributed by atoms with Crippen molar-refractivity contribution in [3.05, 3.63) is 60.3 Å². The fourth-order valence-electron chi connectivity index (χ4n) is 3.52. The highest BCUT2D eigenvalue weighted by atomic mass is 19.3. The molecule has 1 aliphatic rings. The normalized spacial score (nSPS) is 16.8. The lowest BCUT2D eigenvalue weighted by Gasteiger charge is -2.16. The number of rotatable bonds is 4. The molecule has 1 atom stereocenters. The van der Waals surface area contributed by atoms with Crippen LogP contribution in [0.1, 0.15) is 19.4 Å². The van der Waals surface area contributed by atoms with Gasteiger partial charge < -0.3 is 9.88 Å². The molecular formula is C22H20F2N4O2. The van der Waals surface area contributed by atoms with Crippen LogP contribution in [0.5, 0.6) is 0 Å². The van der Waals surface area contributed by atoms with Crippen LogP contribution in [-0.2, 0) is 22.6 Å². The van der Waals surface area contributed by atoms with Crippen LogP contribution in [0.2, 0.25) is 0 Å². The average Bonchev–Trinajstić information content (AvgIpc) is 3.20. The van der Waals surface area contributed by atoms with Gasteiger partial charge in [0, 0.05) is 36.9 Å². The van der Waals surface area contributed by atoms with Crippen molar-refractivity contribution < 1.29 is 18.4 Å². The summed E-state index contributed by atoms with van der Waals surface area (Å²) in [6, 6.07) is 12.9. The first kappa shape index (κ1) is 19.8. The molecule has 4 rings (SSSR count). The molecule has 3 aromatic rings. The molecule has 2 heterocycles. The summed E-state index contributed by atoms with van der Waals surface area (Å²) < 4.78 is 29.0. The minimum atomic E-state index is -3.03. The molecule has 8 heteroatoms. The molecule has 0 spiro atoms. The van der Waals surface area contributed by atoms with Crippen LogP contribution in [0.25, 0.3) is 10.9 Å². The third-order valence-corrected chi connectivity index (χ3v) is 5.15. The Morgan fingerprint density at radius 1 is 1.17 bits per heavy atom. The molecule has 0 saturated heterocycles. The molecule has 30 heavy (non-hydrogen) atoms. The summed E-state index contributed by atoms with van der Waals surface area (Å²) >= 11 is 0. The van der Waals surface area contributed by atoms with Crippen molar-refractivity contribution in [3.8, 4) is 0 Å². The van der Waals surface area contributed by atoms with Crippen LogP contribution >= 0.6 is 0 Å². The summed E-state index contributed by atoms with van der Waals surface area (Å²) in [5.41, 5.74) is 1.79. The van der Waals surface area contributed by atoms with E-state index < -0.39 is 23.7 Å². The Labute approximate surface area is 171 Å². The van der Waals surface area contributed by atoms with E-state index in [2.05, 4.69) is 10.4 Å². The monoisotopic (exact) mass is 410 g/mol. The van der Waals surface area contributed by atoms with Gasteiger partial charge in [-0.2, -0.15) is 10.1 Å². The van der Waals surface area contributed by atoms with Gasteiger partial charge in [0.05, 0.1) is 11.4 Å². The molecule has 1 N–H and O–H groups in total. The topological polar surface area (TPSA) is 66.7 Å². The number of alkyl halides is 2. The number of nitrogens with zero attached hydrogens (tertiary/aromatic N) is 3. The van der Waals surface area contributed by atoms with Crippen LogP contribution in [0.15, 0.2) is 59.8 Å². The number of benzene rings is 2. The van der Waals surface area contributed by atoms with Crippen LogP contribution in [0.4, 0.5) is 20.2 Å². The Hall–Kier alpha value is -3.55. The van der Waals surface area contributed by atoms with Gasteiger partial charge in [-0.3, -0.25) is 9.59 Å². The number of nitrogens with one attached hydrogen (secondary N) is 1. The lowest BCUT2D eigenvalue weighted by atomic mass is 10.0. The van der Waals surface area contributed by atoms with Gasteiger partial charge in [-0.15, -0.1) is 0 Å². The number of hydrogen-bond acceptors (Lipinski definition) is 3. The zero-order valence-corrected chi connectivity index (χ0v) is 16.7. The molecule has 0 fully saturated rings. The second-order valence-electron chi connectivity index (χ2n) is 7.45. The molecule has 154 valence electrons. The highest BCUT2D eigenvalue weighted by molar-refractivity contribution is 6.28. The van der Waals surface area contributed by atoms with E-state index in [-0.39, 0.29) is 11.3 Å². The molecule has 1 aromatic heterocycles. The predicted octanol–water partition coefficient (Wildman–Crippen LogP) is 4.27. The lowest BCUT2D eigenvalue weighted by Crippen LogP contribution is -2.36. The van der Waals surface area contributed by atoms with E-state index in [1.54, 1.807) is 13.0 Å². The summed E-state index contributed by atoms with van der Waals surface area (Å²) in [6.07, 6.45) is 1.92. The number of hydrogen-bond donors (Lipinski definition) is 1. The van der Waals surface area contributed by atoms with Gasteiger partial charge in [0.1, 0.15) is 0 Å². The second kappa shape index (κ2) is 7.05. The van der Waals surface area contributed by atoms with Crippen molar-refractivity contribution in [3.63, 3.8) is 0 Å². The van der Waals surface area contributed by atoms with Crippen molar-refractivity contribution in [2.45, 2.75) is 19.8 Å². The first-order valence-electron chi connectivity index (χ1n) is 9.38. The number of halogens is 2.